The number of nitrogens with two attached hydrogens (primary N) is 2. The summed E-state index contributed by atoms with van der Waals surface area (Å²) >= 11 is 0. The molecule has 5 fully saturated rings. The van der Waals surface area contributed by atoms with Crippen LogP contribution in [-0.2, 0) is 19.0 Å². The molecule has 5 aliphatic heterocycles. The van der Waals surface area contributed by atoms with Crippen LogP contribution in [0.15, 0.2) is 4.99 Å². The molecule has 6 aliphatic rings. The van der Waals surface area contributed by atoms with E-state index in [0.717, 1.165) is 0 Å². The van der Waals surface area contributed by atoms with Crippen LogP contribution < -0.4 is 16.8 Å². The largest absolute Gasteiger partial charge is 0.449 e. The molecule has 0 amide bonds. The Kier molecular flexibility index (Phi) is 2.84. The highest BCUT2D eigenvalue weighted by atomic mass is 16.9. The smallest absolute Gasteiger partial charge is 0.326 e. The van der Waals surface area contributed by atoms with Crippen LogP contribution in [0.4, 0.5) is 0 Å². The molecule has 0 aromatic rings. The Labute approximate surface area is 145 Å². The molecule has 0 radical (unpaired) electrons. The lowest BCUT2D eigenvalue weighted by Crippen LogP contribution is -2.96. The SMILES string of the molecule is NC1=N[C@H](O)[C@H]2[C@H]3O[C@]4(O)O[C@@H]([C@@H](O)[C@@]2(N1)[C@@H]4O)[C@@]31OC(=O)[C@@H](N)[C@H]1O. The monoisotopic (exact) mass is 374 g/mol. The van der Waals surface area contributed by atoms with Crippen LogP contribution in [0.3, 0.4) is 0 Å². The number of aliphatic hydroxyl groups is 5. The van der Waals surface area contributed by atoms with Crippen LogP contribution in [0.5, 0.6) is 0 Å². The summed E-state index contributed by atoms with van der Waals surface area (Å²) in [6.45, 7) is 0. The summed E-state index contributed by atoms with van der Waals surface area (Å²) < 4.78 is 16.0. The van der Waals surface area contributed by atoms with Gasteiger partial charge in [-0.1, -0.05) is 0 Å². The minimum Gasteiger partial charge on any atom is -0.449 e. The quantitative estimate of drug-likeness (QED) is 0.185. The fourth-order valence-electron chi connectivity index (χ4n) is 5.15. The third-order valence-corrected chi connectivity index (χ3v) is 6.22. The number of ether oxygens (including phenoxy) is 3. The lowest BCUT2D eigenvalue weighted by atomic mass is 9.54. The van der Waals surface area contributed by atoms with Gasteiger partial charge in [-0.2, -0.15) is 0 Å². The van der Waals surface area contributed by atoms with E-state index in [-0.39, 0.29) is 5.96 Å². The number of nitrogens with zero attached hydrogens (tertiary/aromatic N) is 1. The van der Waals surface area contributed by atoms with Gasteiger partial charge in [0.2, 0.25) is 0 Å². The van der Waals surface area contributed by atoms with E-state index in [1.54, 1.807) is 0 Å². The Bertz CT molecular complexity index is 736. The van der Waals surface area contributed by atoms with Crippen LogP contribution in [0, 0.1) is 5.92 Å². The van der Waals surface area contributed by atoms with E-state index >= 15 is 0 Å². The summed E-state index contributed by atoms with van der Waals surface area (Å²) in [6.07, 6.45) is -9.78. The topological polar surface area (TPSA) is 222 Å². The maximum atomic E-state index is 12.0. The normalized spacial score (nSPS) is 62.7. The van der Waals surface area contributed by atoms with Gasteiger partial charge in [0.1, 0.15) is 36.0 Å². The van der Waals surface area contributed by atoms with Gasteiger partial charge in [0.05, 0.1) is 5.92 Å². The molecule has 0 unspecified atom stereocenters. The highest BCUT2D eigenvalue weighted by Crippen LogP contribution is 2.61. The third-order valence-electron chi connectivity index (χ3n) is 6.22. The van der Waals surface area contributed by atoms with Gasteiger partial charge in [-0.05, 0) is 0 Å². The first-order chi connectivity index (χ1) is 12.1. The molecule has 0 aromatic heterocycles. The second kappa shape index (κ2) is 4.45. The van der Waals surface area contributed by atoms with Crippen molar-refractivity contribution in [3.63, 3.8) is 0 Å². The molecular weight excluding hydrogens is 356 g/mol. The van der Waals surface area contributed by atoms with E-state index in [1.807, 2.05) is 0 Å². The fourth-order valence-corrected chi connectivity index (χ4v) is 5.15. The molecule has 4 bridgehead atoms. The first-order valence-corrected chi connectivity index (χ1v) is 7.99. The minimum atomic E-state index is -2.60. The molecule has 13 nitrogen and oxygen atoms in total. The number of hydrogen-bond donors (Lipinski definition) is 8. The number of aliphatic hydroxyl groups excluding tert-OH is 4. The zero-order valence-corrected chi connectivity index (χ0v) is 13.1. The Morgan fingerprint density at radius 2 is 1.77 bits per heavy atom. The van der Waals surface area contributed by atoms with Crippen molar-refractivity contribution < 1.29 is 44.5 Å². The van der Waals surface area contributed by atoms with Crippen molar-refractivity contribution in [2.24, 2.45) is 22.4 Å². The van der Waals surface area contributed by atoms with Crippen molar-refractivity contribution in [1.29, 1.82) is 0 Å². The Morgan fingerprint density at radius 3 is 2.38 bits per heavy atom. The number of carbonyl (C=O) groups is 1. The number of carbonyl (C=O) groups excluding carboxylic acids is 1. The van der Waals surface area contributed by atoms with Crippen molar-refractivity contribution in [3.05, 3.63) is 0 Å². The van der Waals surface area contributed by atoms with E-state index in [0.29, 0.717) is 0 Å². The zero-order valence-electron chi connectivity index (χ0n) is 13.1. The van der Waals surface area contributed by atoms with Crippen LogP contribution >= 0.6 is 0 Å². The zero-order chi connectivity index (χ0) is 18.8. The molecule has 10 N–H and O–H groups in total. The lowest BCUT2D eigenvalue weighted by molar-refractivity contribution is -0.548. The average Bonchev–Trinajstić information content (AvgIpc) is 2.78. The third kappa shape index (κ3) is 1.44. The van der Waals surface area contributed by atoms with Gasteiger partial charge in [-0.15, -0.1) is 0 Å². The van der Waals surface area contributed by atoms with Crippen LogP contribution in [-0.4, -0.2) is 97.4 Å². The second-order valence-corrected chi connectivity index (χ2v) is 7.31. The Morgan fingerprint density at radius 1 is 1.12 bits per heavy atom. The highest BCUT2D eigenvalue weighted by Gasteiger charge is 2.87. The van der Waals surface area contributed by atoms with E-state index in [4.69, 9.17) is 25.7 Å². The second-order valence-electron chi connectivity index (χ2n) is 7.31. The molecule has 1 saturated carbocycles. The molecule has 11 atom stereocenters. The molecule has 144 valence electrons. The molecule has 26 heavy (non-hydrogen) atoms. The lowest BCUT2D eigenvalue weighted by Gasteiger charge is -2.71. The summed E-state index contributed by atoms with van der Waals surface area (Å²) in [5.74, 6) is -5.10. The summed E-state index contributed by atoms with van der Waals surface area (Å²) in [4.78, 5) is 15.7. The molecule has 2 spiro atoms. The summed E-state index contributed by atoms with van der Waals surface area (Å²) in [7, 11) is 0. The van der Waals surface area contributed by atoms with E-state index < -0.39 is 71.8 Å². The average molecular weight is 374 g/mol. The molecule has 6 rings (SSSR count). The van der Waals surface area contributed by atoms with Gasteiger partial charge in [0.15, 0.2) is 23.9 Å². The van der Waals surface area contributed by atoms with Gasteiger partial charge in [-0.3, -0.25) is 4.79 Å². The van der Waals surface area contributed by atoms with Crippen LogP contribution in [0.1, 0.15) is 0 Å². The van der Waals surface area contributed by atoms with E-state index in [9.17, 15) is 30.3 Å². The van der Waals surface area contributed by atoms with Gasteiger partial charge in [0.25, 0.3) is 0 Å². The Hall–Kier alpha value is -1.58. The number of esters is 1. The molecule has 0 aromatic carbocycles. The molecule has 5 heterocycles. The Balaban J connectivity index is 1.75. The maximum absolute atomic E-state index is 12.0. The summed E-state index contributed by atoms with van der Waals surface area (Å²) in [5, 5.41) is 55.9. The molecule has 1 aliphatic carbocycles. The van der Waals surface area contributed by atoms with Gasteiger partial charge < -0.3 is 56.5 Å². The number of guanidine groups is 1. The van der Waals surface area contributed by atoms with Crippen molar-refractivity contribution >= 4 is 11.9 Å². The van der Waals surface area contributed by atoms with Gasteiger partial charge >= 0.3 is 11.9 Å². The number of hydrogen-bond acceptors (Lipinski definition) is 13. The van der Waals surface area contributed by atoms with Crippen LogP contribution in [0.25, 0.3) is 0 Å². The molecule has 13 heteroatoms. The number of nitrogens with one attached hydrogen (secondary N) is 1. The summed E-state index contributed by atoms with van der Waals surface area (Å²) in [6, 6.07) is -1.45. The first-order valence-electron chi connectivity index (χ1n) is 7.99. The first kappa shape index (κ1) is 16.6. The summed E-state index contributed by atoms with van der Waals surface area (Å²) in [5.41, 5.74) is 7.46. The van der Waals surface area contributed by atoms with Crippen LogP contribution in [0.2, 0.25) is 0 Å². The van der Waals surface area contributed by atoms with Gasteiger partial charge in [-0.25, -0.2) is 4.99 Å². The van der Waals surface area contributed by atoms with E-state index in [2.05, 4.69) is 10.3 Å². The molecule has 4 saturated heterocycles. The minimum absolute atomic E-state index is 0.285. The standard InChI is InChI=1S/C13H18N4O9/c14-2-3(18)12(26-8(2)21)5-1-7(20)16-10(15)17-11(1)4(19)6(12)25-13(23,24-5)9(11)22/h1-7,9,18-20,22-23H,14H2,(H3,15,16,17)/t1-,2+,3-,4-,5-,6+,7-,9+,11-,12+,13+/m1/s1. The van der Waals surface area contributed by atoms with Crippen molar-refractivity contribution in [2.75, 3.05) is 0 Å². The van der Waals surface area contributed by atoms with Crippen molar-refractivity contribution in [1.82, 2.24) is 5.32 Å². The predicted molar refractivity (Wildman–Crippen MR) is 76.5 cm³/mol. The van der Waals surface area contributed by atoms with E-state index in [1.165, 1.54) is 0 Å². The molecular formula is C13H18N4O9. The predicted octanol–water partition coefficient (Wildman–Crippen LogP) is -6.26. The number of rotatable bonds is 0. The maximum Gasteiger partial charge on any atom is 0.326 e. The van der Waals surface area contributed by atoms with Crippen molar-refractivity contribution in [2.45, 2.75) is 59.9 Å². The highest BCUT2D eigenvalue weighted by molar-refractivity contribution is 5.82. The van der Waals surface area contributed by atoms with Gasteiger partial charge in [0, 0.05) is 0 Å². The fraction of sp³-hybridized carbons (Fsp3) is 0.846. The number of aliphatic imine (C=N–C) groups is 1. The van der Waals surface area contributed by atoms with Crippen molar-refractivity contribution in [3.8, 4) is 0 Å².